The van der Waals surface area contributed by atoms with Crippen molar-refractivity contribution in [3.63, 3.8) is 0 Å². The van der Waals surface area contributed by atoms with Crippen LogP contribution in [0.3, 0.4) is 0 Å². The predicted octanol–water partition coefficient (Wildman–Crippen LogP) is 4.21. The van der Waals surface area contributed by atoms with Gasteiger partial charge in [-0.2, -0.15) is 0 Å². The molecule has 1 amide bonds. The number of hydrogen-bond donors (Lipinski definition) is 1. The van der Waals surface area contributed by atoms with Gasteiger partial charge in [0.2, 0.25) is 0 Å². The quantitative estimate of drug-likeness (QED) is 0.864. The minimum absolute atomic E-state index is 0.100. The van der Waals surface area contributed by atoms with Crippen LogP contribution in [0.1, 0.15) is 37.5 Å². The number of benzene rings is 2. The Labute approximate surface area is 145 Å². The molecule has 0 fully saturated rings. The molecule has 0 aliphatic carbocycles. The number of rotatable bonds is 6. The van der Waals surface area contributed by atoms with Crippen molar-refractivity contribution in [1.29, 1.82) is 0 Å². The minimum atomic E-state index is -0.541. The zero-order chi connectivity index (χ0) is 17.7. The van der Waals surface area contributed by atoms with E-state index in [1.54, 1.807) is 6.92 Å². The van der Waals surface area contributed by atoms with Gasteiger partial charge in [0.15, 0.2) is 6.10 Å². The smallest absolute Gasteiger partial charge is 0.261 e. The molecule has 128 valence electrons. The van der Waals surface area contributed by atoms with Crippen LogP contribution in [0.25, 0.3) is 0 Å². The molecule has 2 aromatic carbocycles. The summed E-state index contributed by atoms with van der Waals surface area (Å²) in [5.74, 6) is 0.662. The molecule has 24 heavy (non-hydrogen) atoms. The Morgan fingerprint density at radius 3 is 2.42 bits per heavy atom. The van der Waals surface area contributed by atoms with Crippen LogP contribution in [-0.2, 0) is 11.2 Å². The standard InChI is InChI=1S/C21H27NO2/c1-15-10-9-13-19(16(15)2)24-17(3)20(23)22-21(4,5)14-18-11-7-6-8-12-18/h6-13,17H,14H2,1-5H3,(H,22,23). The molecule has 0 saturated heterocycles. The highest BCUT2D eigenvalue weighted by atomic mass is 16.5. The molecule has 2 rings (SSSR count). The number of carbonyl (C=O) groups excluding carboxylic acids is 1. The fourth-order valence-corrected chi connectivity index (χ4v) is 2.68. The SMILES string of the molecule is Cc1cccc(OC(C)C(=O)NC(C)(C)Cc2ccccc2)c1C. The predicted molar refractivity (Wildman–Crippen MR) is 98.4 cm³/mol. The Balaban J connectivity index is 1.99. The van der Waals surface area contributed by atoms with Gasteiger partial charge in [-0.3, -0.25) is 4.79 Å². The van der Waals surface area contributed by atoms with Crippen LogP contribution in [-0.4, -0.2) is 17.6 Å². The van der Waals surface area contributed by atoms with Crippen LogP contribution in [0.2, 0.25) is 0 Å². The van der Waals surface area contributed by atoms with Gasteiger partial charge in [-0.05, 0) is 63.8 Å². The summed E-state index contributed by atoms with van der Waals surface area (Å²) < 4.78 is 5.87. The zero-order valence-corrected chi connectivity index (χ0v) is 15.2. The van der Waals surface area contributed by atoms with Gasteiger partial charge in [0.25, 0.3) is 5.91 Å². The van der Waals surface area contributed by atoms with E-state index in [0.717, 1.165) is 23.3 Å². The van der Waals surface area contributed by atoms with Gasteiger partial charge in [-0.15, -0.1) is 0 Å². The minimum Gasteiger partial charge on any atom is -0.481 e. The number of carbonyl (C=O) groups is 1. The first kappa shape index (κ1) is 18.1. The van der Waals surface area contributed by atoms with Crippen molar-refractivity contribution < 1.29 is 9.53 Å². The van der Waals surface area contributed by atoms with Gasteiger partial charge in [-0.25, -0.2) is 0 Å². The maximum Gasteiger partial charge on any atom is 0.261 e. The number of amides is 1. The van der Waals surface area contributed by atoms with E-state index in [1.165, 1.54) is 5.56 Å². The van der Waals surface area contributed by atoms with Crippen molar-refractivity contribution in [3.8, 4) is 5.75 Å². The van der Waals surface area contributed by atoms with Crippen LogP contribution in [0.5, 0.6) is 5.75 Å². The lowest BCUT2D eigenvalue weighted by Crippen LogP contribution is -2.49. The Kier molecular flexibility index (Phi) is 5.66. The molecule has 3 heteroatoms. The average Bonchev–Trinajstić information content (AvgIpc) is 2.51. The second kappa shape index (κ2) is 7.52. The number of aryl methyl sites for hydroxylation is 1. The van der Waals surface area contributed by atoms with E-state index in [9.17, 15) is 4.79 Å². The Morgan fingerprint density at radius 2 is 1.75 bits per heavy atom. The summed E-state index contributed by atoms with van der Waals surface area (Å²) in [6.45, 7) is 9.89. The number of ether oxygens (including phenoxy) is 1. The van der Waals surface area contributed by atoms with Crippen LogP contribution < -0.4 is 10.1 Å². The lowest BCUT2D eigenvalue weighted by molar-refractivity contribution is -0.128. The topological polar surface area (TPSA) is 38.3 Å². The van der Waals surface area contributed by atoms with E-state index in [0.29, 0.717) is 0 Å². The largest absolute Gasteiger partial charge is 0.481 e. The summed E-state index contributed by atoms with van der Waals surface area (Å²) in [5, 5.41) is 3.09. The molecule has 1 unspecified atom stereocenters. The van der Waals surface area contributed by atoms with Gasteiger partial charge in [-0.1, -0.05) is 42.5 Å². The molecule has 0 aliphatic rings. The molecule has 1 N–H and O–H groups in total. The first-order valence-corrected chi connectivity index (χ1v) is 8.37. The van der Waals surface area contributed by atoms with E-state index < -0.39 is 6.10 Å². The maximum atomic E-state index is 12.5. The third-order valence-electron chi connectivity index (χ3n) is 4.18. The van der Waals surface area contributed by atoms with Gasteiger partial charge in [0.05, 0.1) is 0 Å². The van der Waals surface area contributed by atoms with E-state index in [-0.39, 0.29) is 11.4 Å². The second-order valence-corrected chi connectivity index (χ2v) is 6.99. The highest BCUT2D eigenvalue weighted by Gasteiger charge is 2.25. The highest BCUT2D eigenvalue weighted by Crippen LogP contribution is 2.22. The number of nitrogens with one attached hydrogen (secondary N) is 1. The summed E-state index contributed by atoms with van der Waals surface area (Å²) in [6, 6.07) is 16.1. The Bertz CT molecular complexity index is 692. The van der Waals surface area contributed by atoms with Crippen LogP contribution >= 0.6 is 0 Å². The first-order chi connectivity index (χ1) is 11.3. The van der Waals surface area contributed by atoms with Gasteiger partial charge in [0.1, 0.15) is 5.75 Å². The zero-order valence-electron chi connectivity index (χ0n) is 15.2. The number of hydrogen-bond acceptors (Lipinski definition) is 2. The summed E-state index contributed by atoms with van der Waals surface area (Å²) in [7, 11) is 0. The van der Waals surface area contributed by atoms with Crippen molar-refractivity contribution in [2.45, 2.75) is 52.7 Å². The summed E-state index contributed by atoms with van der Waals surface area (Å²) in [6.07, 6.45) is 0.232. The highest BCUT2D eigenvalue weighted by molar-refractivity contribution is 5.81. The van der Waals surface area contributed by atoms with Crippen molar-refractivity contribution in [2.75, 3.05) is 0 Å². The normalized spacial score (nSPS) is 12.5. The van der Waals surface area contributed by atoms with Gasteiger partial charge >= 0.3 is 0 Å². The van der Waals surface area contributed by atoms with E-state index in [2.05, 4.69) is 17.4 Å². The van der Waals surface area contributed by atoms with E-state index in [1.807, 2.05) is 64.1 Å². The molecular weight excluding hydrogens is 298 g/mol. The van der Waals surface area contributed by atoms with Crippen LogP contribution in [0.4, 0.5) is 0 Å². The van der Waals surface area contributed by atoms with E-state index in [4.69, 9.17) is 4.74 Å². The summed E-state index contributed by atoms with van der Waals surface area (Å²) >= 11 is 0. The Morgan fingerprint density at radius 1 is 1.08 bits per heavy atom. The Hall–Kier alpha value is -2.29. The molecule has 0 saturated carbocycles. The van der Waals surface area contributed by atoms with Crippen molar-refractivity contribution in [2.24, 2.45) is 0 Å². The van der Waals surface area contributed by atoms with Crippen LogP contribution in [0.15, 0.2) is 48.5 Å². The third kappa shape index (κ3) is 4.85. The lowest BCUT2D eigenvalue weighted by atomic mass is 9.94. The monoisotopic (exact) mass is 325 g/mol. The molecule has 0 aromatic heterocycles. The fourth-order valence-electron chi connectivity index (χ4n) is 2.68. The van der Waals surface area contributed by atoms with E-state index >= 15 is 0 Å². The molecule has 0 bridgehead atoms. The molecule has 0 radical (unpaired) electrons. The summed E-state index contributed by atoms with van der Waals surface area (Å²) in [4.78, 5) is 12.5. The van der Waals surface area contributed by atoms with Crippen molar-refractivity contribution in [3.05, 3.63) is 65.2 Å². The van der Waals surface area contributed by atoms with Gasteiger partial charge in [0, 0.05) is 5.54 Å². The first-order valence-electron chi connectivity index (χ1n) is 8.37. The summed E-state index contributed by atoms with van der Waals surface area (Å²) in [5.41, 5.74) is 3.09. The second-order valence-electron chi connectivity index (χ2n) is 6.99. The van der Waals surface area contributed by atoms with Crippen LogP contribution in [0, 0.1) is 13.8 Å². The van der Waals surface area contributed by atoms with Gasteiger partial charge < -0.3 is 10.1 Å². The van der Waals surface area contributed by atoms with Crippen molar-refractivity contribution in [1.82, 2.24) is 5.32 Å². The molecule has 1 atom stereocenters. The molecule has 0 spiro atoms. The third-order valence-corrected chi connectivity index (χ3v) is 4.18. The lowest BCUT2D eigenvalue weighted by Gasteiger charge is -2.28. The average molecular weight is 325 g/mol. The molecule has 3 nitrogen and oxygen atoms in total. The van der Waals surface area contributed by atoms with Crippen molar-refractivity contribution >= 4 is 5.91 Å². The maximum absolute atomic E-state index is 12.5. The molecule has 0 heterocycles. The molecular formula is C21H27NO2. The fraction of sp³-hybridized carbons (Fsp3) is 0.381. The molecule has 0 aliphatic heterocycles. The molecule has 2 aromatic rings.